The zero-order valence-electron chi connectivity index (χ0n) is 9.79. The van der Waals surface area contributed by atoms with Gasteiger partial charge in [0.1, 0.15) is 0 Å². The third kappa shape index (κ3) is 2.55. The Labute approximate surface area is 106 Å². The lowest BCUT2D eigenvalue weighted by atomic mass is 9.69. The molecule has 0 heterocycles. The van der Waals surface area contributed by atoms with E-state index in [0.717, 1.165) is 31.2 Å². The van der Waals surface area contributed by atoms with E-state index in [-0.39, 0.29) is 24.2 Å². The summed E-state index contributed by atoms with van der Waals surface area (Å²) >= 11 is 0.258. The molecule has 17 heavy (non-hydrogen) atoms. The van der Waals surface area contributed by atoms with Crippen LogP contribution in [0.3, 0.4) is 0 Å². The van der Waals surface area contributed by atoms with Crippen molar-refractivity contribution in [3.05, 3.63) is 42.0 Å². The van der Waals surface area contributed by atoms with Gasteiger partial charge in [0.2, 0.25) is 0 Å². The van der Waals surface area contributed by atoms with Crippen LogP contribution in [0.25, 0.3) is 0 Å². The fourth-order valence-corrected chi connectivity index (χ4v) is 2.80. The molecule has 1 aliphatic rings. The smallest absolute Gasteiger partial charge is 0.0812 e. The molecule has 1 aliphatic carbocycles. The second-order valence-electron chi connectivity index (χ2n) is 4.79. The van der Waals surface area contributed by atoms with Crippen LogP contribution in [0.15, 0.2) is 41.3 Å². The van der Waals surface area contributed by atoms with Crippen molar-refractivity contribution < 1.29 is 8.99 Å². The minimum atomic E-state index is -0.201. The van der Waals surface area contributed by atoms with Crippen LogP contribution in [0.5, 0.6) is 0 Å². The first-order chi connectivity index (χ1) is 8.20. The molecule has 1 fully saturated rings. The fourth-order valence-electron chi connectivity index (χ4n) is 2.49. The molecule has 0 radical (unpaired) electrons. The maximum absolute atomic E-state index is 12.6. The van der Waals surface area contributed by atoms with Crippen LogP contribution in [-0.2, 0) is 5.41 Å². The van der Waals surface area contributed by atoms with E-state index in [1.807, 2.05) is 18.2 Å². The molecule has 92 valence electrons. The molecule has 1 saturated carbocycles. The third-order valence-electron chi connectivity index (χ3n) is 3.75. The van der Waals surface area contributed by atoms with Crippen LogP contribution in [0.2, 0.25) is 0 Å². The van der Waals surface area contributed by atoms with Gasteiger partial charge in [-0.1, -0.05) is 24.3 Å². The Morgan fingerprint density at radius 1 is 1.35 bits per heavy atom. The van der Waals surface area contributed by atoms with Gasteiger partial charge in [0.05, 0.1) is 18.8 Å². The summed E-state index contributed by atoms with van der Waals surface area (Å²) in [7, 11) is 0. The summed E-state index contributed by atoms with van der Waals surface area (Å²) < 4.78 is 12.6. The Bertz CT molecular complexity index is 406. The van der Waals surface area contributed by atoms with E-state index in [1.165, 1.54) is 5.57 Å². The van der Waals surface area contributed by atoms with Gasteiger partial charge in [-0.05, 0) is 43.4 Å². The lowest BCUT2D eigenvalue weighted by Gasteiger charge is -2.37. The van der Waals surface area contributed by atoms with Gasteiger partial charge in [0, 0.05) is 10.3 Å². The maximum Gasteiger partial charge on any atom is 0.0812 e. The molecular weight excluding hydrogens is 235 g/mol. The largest absolute Gasteiger partial charge is 0.395 e. The Balaban J connectivity index is 2.30. The molecule has 0 atom stereocenters. The van der Waals surface area contributed by atoms with Crippen LogP contribution in [0.4, 0.5) is 3.89 Å². The first-order valence-electron chi connectivity index (χ1n) is 5.87. The molecule has 1 N–H and O–H groups in total. The van der Waals surface area contributed by atoms with Gasteiger partial charge in [0.15, 0.2) is 0 Å². The lowest BCUT2D eigenvalue weighted by Crippen LogP contribution is -2.33. The molecule has 0 aliphatic heterocycles. The number of aliphatic hydroxyl groups excluding tert-OH is 1. The molecular formula is C14H17FOS. The molecule has 3 heteroatoms. The predicted octanol–water partition coefficient (Wildman–Crippen LogP) is 4.02. The maximum atomic E-state index is 12.6. The molecule has 0 unspecified atom stereocenters. The molecule has 1 aromatic rings. The van der Waals surface area contributed by atoms with Crippen molar-refractivity contribution in [3.8, 4) is 0 Å². The Hall–Kier alpha value is -0.800. The average molecular weight is 252 g/mol. The number of hydrogen-bond donors (Lipinski definition) is 1. The first kappa shape index (κ1) is 12.7. The summed E-state index contributed by atoms with van der Waals surface area (Å²) in [6, 6.07) is 7.46. The monoisotopic (exact) mass is 252 g/mol. The third-order valence-corrected chi connectivity index (χ3v) is 4.18. The van der Waals surface area contributed by atoms with Gasteiger partial charge in [-0.2, -0.15) is 3.89 Å². The van der Waals surface area contributed by atoms with Crippen molar-refractivity contribution in [2.24, 2.45) is 0 Å². The van der Waals surface area contributed by atoms with Crippen LogP contribution in [-0.4, -0.2) is 11.7 Å². The number of benzene rings is 1. The average Bonchev–Trinajstić information content (AvgIpc) is 2.40. The minimum absolute atomic E-state index is 0.126. The molecule has 0 bridgehead atoms. The predicted molar refractivity (Wildman–Crippen MR) is 69.8 cm³/mol. The minimum Gasteiger partial charge on any atom is -0.395 e. The van der Waals surface area contributed by atoms with Crippen molar-refractivity contribution >= 4 is 12.1 Å². The van der Waals surface area contributed by atoms with Crippen molar-refractivity contribution in [2.45, 2.75) is 36.0 Å². The second-order valence-corrected chi connectivity index (χ2v) is 5.42. The van der Waals surface area contributed by atoms with E-state index < -0.39 is 0 Å². The Morgan fingerprint density at radius 2 is 2.06 bits per heavy atom. The molecule has 1 nitrogen and oxygen atoms in total. The highest BCUT2D eigenvalue weighted by molar-refractivity contribution is 7.94. The van der Waals surface area contributed by atoms with Crippen LogP contribution in [0, 0.1) is 0 Å². The number of hydrogen-bond acceptors (Lipinski definition) is 2. The molecule has 2 rings (SSSR count). The van der Waals surface area contributed by atoms with E-state index in [2.05, 4.69) is 6.58 Å². The zero-order chi connectivity index (χ0) is 12.3. The highest BCUT2D eigenvalue weighted by atomic mass is 32.2. The van der Waals surface area contributed by atoms with Crippen molar-refractivity contribution in [1.82, 2.24) is 0 Å². The van der Waals surface area contributed by atoms with Gasteiger partial charge in [-0.3, -0.25) is 0 Å². The highest BCUT2D eigenvalue weighted by Crippen LogP contribution is 2.41. The van der Waals surface area contributed by atoms with Gasteiger partial charge >= 0.3 is 0 Å². The van der Waals surface area contributed by atoms with Gasteiger partial charge in [-0.15, -0.1) is 0 Å². The molecule has 1 aromatic carbocycles. The normalized spacial score (nSPS) is 19.3. The van der Waals surface area contributed by atoms with Crippen molar-refractivity contribution in [1.29, 1.82) is 0 Å². The summed E-state index contributed by atoms with van der Waals surface area (Å²) in [5.74, 6) is 0. The highest BCUT2D eigenvalue weighted by Gasteiger charge is 2.34. The van der Waals surface area contributed by atoms with Crippen LogP contribution < -0.4 is 0 Å². The summed E-state index contributed by atoms with van der Waals surface area (Å²) in [6.45, 7) is 4.12. The Kier molecular flexibility index (Phi) is 3.89. The number of allylic oxidation sites excluding steroid dienone is 1. The van der Waals surface area contributed by atoms with Gasteiger partial charge in [0.25, 0.3) is 0 Å². The van der Waals surface area contributed by atoms with Gasteiger partial charge < -0.3 is 5.11 Å². The fraction of sp³-hybridized carbons (Fsp3) is 0.429. The topological polar surface area (TPSA) is 20.2 Å². The number of aliphatic hydroxyl groups is 1. The first-order valence-corrected chi connectivity index (χ1v) is 6.58. The van der Waals surface area contributed by atoms with Crippen molar-refractivity contribution in [2.75, 3.05) is 6.61 Å². The van der Waals surface area contributed by atoms with E-state index >= 15 is 0 Å². The summed E-state index contributed by atoms with van der Waals surface area (Å²) in [4.78, 5) is 0.611. The molecule has 0 saturated heterocycles. The lowest BCUT2D eigenvalue weighted by molar-refractivity contribution is 0.164. The summed E-state index contributed by atoms with van der Waals surface area (Å²) in [5.41, 5.74) is 2.10. The van der Waals surface area contributed by atoms with Crippen LogP contribution >= 0.6 is 12.1 Å². The SMILES string of the molecule is C=C1CCC(CO)(c2cccc(SF)c2)CC1. The van der Waals surface area contributed by atoms with E-state index in [9.17, 15) is 8.99 Å². The zero-order valence-corrected chi connectivity index (χ0v) is 10.6. The van der Waals surface area contributed by atoms with Crippen LogP contribution in [0.1, 0.15) is 31.2 Å². The van der Waals surface area contributed by atoms with Gasteiger partial charge in [-0.25, -0.2) is 0 Å². The van der Waals surface area contributed by atoms with Crippen molar-refractivity contribution in [3.63, 3.8) is 0 Å². The molecule has 0 spiro atoms. The van der Waals surface area contributed by atoms with E-state index in [1.54, 1.807) is 6.07 Å². The number of rotatable bonds is 3. The summed E-state index contributed by atoms with van der Waals surface area (Å²) in [5, 5.41) is 9.71. The van der Waals surface area contributed by atoms with E-state index in [4.69, 9.17) is 0 Å². The summed E-state index contributed by atoms with van der Waals surface area (Å²) in [6.07, 6.45) is 3.71. The van der Waals surface area contributed by atoms with E-state index in [0.29, 0.717) is 4.90 Å². The standard InChI is InChI=1S/C14H17FOS/c1-11-5-7-14(10-16,8-6-11)12-3-2-4-13(9-12)17-15/h2-4,9,16H,1,5-8,10H2. The quantitative estimate of drug-likeness (QED) is 0.820. The number of halogens is 1. The Morgan fingerprint density at radius 3 is 2.65 bits per heavy atom. The molecule has 0 amide bonds. The molecule has 0 aromatic heterocycles. The second kappa shape index (κ2) is 5.23.